The van der Waals surface area contributed by atoms with E-state index in [-0.39, 0.29) is 18.5 Å². The molecule has 0 aliphatic carbocycles. The van der Waals surface area contributed by atoms with Gasteiger partial charge in [0.25, 0.3) is 5.91 Å². The molecule has 0 saturated heterocycles. The fourth-order valence-electron chi connectivity index (χ4n) is 1.74. The Hall–Kier alpha value is -2.81. The highest BCUT2D eigenvalue weighted by molar-refractivity contribution is 5.97. The molecule has 0 saturated carbocycles. The summed E-state index contributed by atoms with van der Waals surface area (Å²) in [5.41, 5.74) is 2.91. The Morgan fingerprint density at radius 3 is 2.73 bits per heavy atom. The maximum absolute atomic E-state index is 11.8. The molecule has 6 nitrogen and oxygen atoms in total. The second kappa shape index (κ2) is 8.47. The van der Waals surface area contributed by atoms with E-state index in [9.17, 15) is 9.59 Å². The van der Waals surface area contributed by atoms with Gasteiger partial charge < -0.3 is 15.7 Å². The third-order valence-corrected chi connectivity index (χ3v) is 3.19. The minimum absolute atomic E-state index is 0.0212. The number of aliphatic carboxylic acids is 1. The van der Waals surface area contributed by atoms with E-state index in [0.717, 1.165) is 16.8 Å². The van der Waals surface area contributed by atoms with Crippen LogP contribution in [0, 0.1) is 25.2 Å². The molecule has 0 fully saturated rings. The summed E-state index contributed by atoms with van der Waals surface area (Å²) >= 11 is 0. The quantitative estimate of drug-likeness (QED) is 0.406. The number of aryl methyl sites for hydroxylation is 1. The van der Waals surface area contributed by atoms with Crippen LogP contribution in [-0.4, -0.2) is 23.5 Å². The first-order valence-corrected chi connectivity index (χ1v) is 6.88. The molecule has 0 aromatic heterocycles. The van der Waals surface area contributed by atoms with E-state index in [1.54, 1.807) is 0 Å². The summed E-state index contributed by atoms with van der Waals surface area (Å²) in [6.45, 7) is 4.14. The molecule has 1 aromatic rings. The van der Waals surface area contributed by atoms with Gasteiger partial charge in [-0.2, -0.15) is 5.26 Å². The van der Waals surface area contributed by atoms with Crippen LogP contribution < -0.4 is 10.6 Å². The Morgan fingerprint density at radius 2 is 2.09 bits per heavy atom. The predicted octanol–water partition coefficient (Wildman–Crippen LogP) is 2.10. The van der Waals surface area contributed by atoms with Gasteiger partial charge in [-0.1, -0.05) is 12.1 Å². The fourth-order valence-corrected chi connectivity index (χ4v) is 1.74. The number of anilines is 1. The van der Waals surface area contributed by atoms with Crippen molar-refractivity contribution in [2.75, 3.05) is 11.9 Å². The summed E-state index contributed by atoms with van der Waals surface area (Å²) < 4.78 is 0. The lowest BCUT2D eigenvalue weighted by molar-refractivity contribution is -0.137. The number of carboxylic acids is 1. The van der Waals surface area contributed by atoms with Crippen LogP contribution in [0.15, 0.2) is 30.0 Å². The van der Waals surface area contributed by atoms with E-state index >= 15 is 0 Å². The molecule has 0 spiro atoms. The Labute approximate surface area is 129 Å². The van der Waals surface area contributed by atoms with Gasteiger partial charge >= 0.3 is 5.97 Å². The number of benzene rings is 1. The van der Waals surface area contributed by atoms with Gasteiger partial charge in [-0.15, -0.1) is 0 Å². The third kappa shape index (κ3) is 5.29. The van der Waals surface area contributed by atoms with Crippen LogP contribution in [0.5, 0.6) is 0 Å². The van der Waals surface area contributed by atoms with Crippen molar-refractivity contribution < 1.29 is 14.7 Å². The van der Waals surface area contributed by atoms with Gasteiger partial charge in [-0.25, -0.2) is 0 Å². The Kier molecular flexibility index (Phi) is 6.64. The molecule has 0 bridgehead atoms. The number of carboxylic acid groups (broad SMARTS) is 1. The highest BCUT2D eigenvalue weighted by Gasteiger charge is 2.09. The van der Waals surface area contributed by atoms with Crippen LogP contribution in [0.4, 0.5) is 5.69 Å². The van der Waals surface area contributed by atoms with Crippen molar-refractivity contribution >= 4 is 17.6 Å². The average Bonchev–Trinajstić information content (AvgIpc) is 2.48. The van der Waals surface area contributed by atoms with Crippen molar-refractivity contribution in [3.8, 4) is 6.07 Å². The summed E-state index contributed by atoms with van der Waals surface area (Å²) in [6, 6.07) is 7.55. The number of amides is 1. The summed E-state index contributed by atoms with van der Waals surface area (Å²) in [5.74, 6) is -1.44. The fraction of sp³-hybridized carbons (Fsp3) is 0.312. The number of carbonyl (C=O) groups excluding carboxylic acids is 1. The highest BCUT2D eigenvalue weighted by atomic mass is 16.4. The number of hydrogen-bond donors (Lipinski definition) is 3. The number of hydrogen-bond acceptors (Lipinski definition) is 4. The molecule has 116 valence electrons. The SMILES string of the molecule is Cc1cccc(N/C=C(/C#N)C(=O)NCCCC(=O)O)c1C. The molecule has 1 aromatic carbocycles. The van der Waals surface area contributed by atoms with E-state index in [2.05, 4.69) is 10.6 Å². The molecular formula is C16H19N3O3. The summed E-state index contributed by atoms with van der Waals surface area (Å²) in [7, 11) is 0. The molecule has 1 amide bonds. The largest absolute Gasteiger partial charge is 0.481 e. The number of nitrogens with one attached hydrogen (secondary N) is 2. The van der Waals surface area contributed by atoms with Crippen LogP contribution in [0.2, 0.25) is 0 Å². The molecule has 1 rings (SSSR count). The molecule has 0 aliphatic heterocycles. The van der Waals surface area contributed by atoms with Crippen LogP contribution in [0.1, 0.15) is 24.0 Å². The molecule has 3 N–H and O–H groups in total. The lowest BCUT2D eigenvalue weighted by atomic mass is 10.1. The van der Waals surface area contributed by atoms with Gasteiger partial charge in [0.15, 0.2) is 0 Å². The normalized spacial score (nSPS) is 10.7. The first kappa shape index (κ1) is 17.2. The zero-order valence-electron chi connectivity index (χ0n) is 12.6. The van der Waals surface area contributed by atoms with Crippen LogP contribution in [-0.2, 0) is 9.59 Å². The molecule has 0 heterocycles. The van der Waals surface area contributed by atoms with Crippen LogP contribution >= 0.6 is 0 Å². The lowest BCUT2D eigenvalue weighted by Gasteiger charge is -2.08. The van der Waals surface area contributed by atoms with Crippen molar-refractivity contribution in [2.24, 2.45) is 0 Å². The molecule has 6 heteroatoms. The van der Waals surface area contributed by atoms with Gasteiger partial charge in [-0.3, -0.25) is 9.59 Å². The maximum Gasteiger partial charge on any atom is 0.303 e. The number of nitrogens with zero attached hydrogens (tertiary/aromatic N) is 1. The number of carbonyl (C=O) groups is 2. The van der Waals surface area contributed by atoms with E-state index in [4.69, 9.17) is 10.4 Å². The van der Waals surface area contributed by atoms with E-state index in [0.29, 0.717) is 6.42 Å². The Balaban J connectivity index is 2.63. The monoisotopic (exact) mass is 301 g/mol. The maximum atomic E-state index is 11.8. The molecule has 0 unspecified atom stereocenters. The van der Waals surface area contributed by atoms with Crippen molar-refractivity contribution in [3.63, 3.8) is 0 Å². The van der Waals surface area contributed by atoms with E-state index in [1.807, 2.05) is 38.1 Å². The first-order chi connectivity index (χ1) is 10.5. The molecule has 0 radical (unpaired) electrons. The first-order valence-electron chi connectivity index (χ1n) is 6.88. The van der Waals surface area contributed by atoms with Gasteiger partial charge in [-0.05, 0) is 37.5 Å². The van der Waals surface area contributed by atoms with Crippen molar-refractivity contribution in [1.29, 1.82) is 5.26 Å². The Morgan fingerprint density at radius 1 is 1.36 bits per heavy atom. The second-order valence-corrected chi connectivity index (χ2v) is 4.81. The molecule has 22 heavy (non-hydrogen) atoms. The van der Waals surface area contributed by atoms with Gasteiger partial charge in [0.2, 0.25) is 0 Å². The summed E-state index contributed by atoms with van der Waals surface area (Å²) in [5, 5.41) is 23.0. The highest BCUT2D eigenvalue weighted by Crippen LogP contribution is 2.18. The summed E-state index contributed by atoms with van der Waals surface area (Å²) in [4.78, 5) is 22.2. The van der Waals surface area contributed by atoms with Gasteiger partial charge in [0, 0.05) is 24.9 Å². The predicted molar refractivity (Wildman–Crippen MR) is 83.1 cm³/mol. The number of rotatable bonds is 7. The Bertz CT molecular complexity index is 630. The van der Waals surface area contributed by atoms with E-state index in [1.165, 1.54) is 6.20 Å². The standard InChI is InChI=1S/C16H19N3O3/c1-11-5-3-6-14(12(11)2)19-10-13(9-17)16(22)18-8-4-7-15(20)21/h3,5-6,10,19H,4,7-8H2,1-2H3,(H,18,22)(H,20,21)/b13-10-. The topological polar surface area (TPSA) is 102 Å². The minimum atomic E-state index is -0.915. The number of nitriles is 1. The van der Waals surface area contributed by atoms with Crippen LogP contribution in [0.3, 0.4) is 0 Å². The second-order valence-electron chi connectivity index (χ2n) is 4.81. The molecule has 0 aliphatic rings. The van der Waals surface area contributed by atoms with Gasteiger partial charge in [0.1, 0.15) is 11.6 Å². The zero-order valence-corrected chi connectivity index (χ0v) is 12.6. The minimum Gasteiger partial charge on any atom is -0.481 e. The van der Waals surface area contributed by atoms with Crippen molar-refractivity contribution in [3.05, 3.63) is 41.1 Å². The zero-order chi connectivity index (χ0) is 16.5. The van der Waals surface area contributed by atoms with Crippen molar-refractivity contribution in [2.45, 2.75) is 26.7 Å². The van der Waals surface area contributed by atoms with E-state index < -0.39 is 11.9 Å². The van der Waals surface area contributed by atoms with Crippen LogP contribution in [0.25, 0.3) is 0 Å². The lowest BCUT2D eigenvalue weighted by Crippen LogP contribution is -2.26. The van der Waals surface area contributed by atoms with Crippen molar-refractivity contribution in [1.82, 2.24) is 5.32 Å². The molecular weight excluding hydrogens is 282 g/mol. The molecule has 0 atom stereocenters. The van der Waals surface area contributed by atoms with Gasteiger partial charge in [0.05, 0.1) is 0 Å². The summed E-state index contributed by atoms with van der Waals surface area (Å²) in [6.07, 6.45) is 1.66. The smallest absolute Gasteiger partial charge is 0.303 e. The average molecular weight is 301 g/mol. The third-order valence-electron chi connectivity index (χ3n) is 3.19.